The fraction of sp³-hybridized carbons (Fsp3) is 0.100. The van der Waals surface area contributed by atoms with Crippen LogP contribution in [0, 0.1) is 0 Å². The van der Waals surface area contributed by atoms with Gasteiger partial charge in [0.1, 0.15) is 12.5 Å². The molecule has 0 aliphatic rings. The minimum absolute atomic E-state index is 0.322. The van der Waals surface area contributed by atoms with E-state index in [-0.39, 0.29) is 12.6 Å². The molecule has 1 aromatic carbocycles. The highest BCUT2D eigenvalue weighted by molar-refractivity contribution is 5.86. The molecule has 1 rings (SSSR count). The highest BCUT2D eigenvalue weighted by Crippen LogP contribution is 2.02. The molecule has 76 valence electrons. The highest BCUT2D eigenvalue weighted by atomic mass is 16.3. The van der Waals surface area contributed by atoms with Crippen LogP contribution in [-0.4, -0.2) is 22.9 Å². The number of rotatable bonds is 2. The van der Waals surface area contributed by atoms with Crippen LogP contribution in [0.4, 0.5) is 0 Å². The largest absolute Gasteiger partial charge is 0.508 e. The first kappa shape index (κ1) is 12.2. The second-order valence-corrected chi connectivity index (χ2v) is 2.24. The molecular formula is C10H13NO3. The molecule has 0 unspecified atom stereocenters. The van der Waals surface area contributed by atoms with Crippen molar-refractivity contribution in [2.45, 2.75) is 0 Å². The molecule has 0 atom stereocenters. The molecule has 0 saturated carbocycles. The summed E-state index contributed by atoms with van der Waals surface area (Å²) in [6.45, 7) is 2.83. The van der Waals surface area contributed by atoms with Crippen LogP contribution in [-0.2, 0) is 4.79 Å². The number of para-hydroxylation sites is 1. The van der Waals surface area contributed by atoms with Gasteiger partial charge in [-0.25, -0.2) is 0 Å². The lowest BCUT2D eigenvalue weighted by atomic mass is 10.3. The van der Waals surface area contributed by atoms with E-state index in [1.54, 1.807) is 24.3 Å². The lowest BCUT2D eigenvalue weighted by Gasteiger charge is -1.89. The number of phenols is 1. The highest BCUT2D eigenvalue weighted by Gasteiger charge is 1.84. The molecule has 14 heavy (non-hydrogen) atoms. The third kappa shape index (κ3) is 6.87. The van der Waals surface area contributed by atoms with E-state index >= 15 is 0 Å². The number of aromatic hydroxyl groups is 1. The Morgan fingerprint density at radius 2 is 2.00 bits per heavy atom. The van der Waals surface area contributed by atoms with Crippen LogP contribution in [0.25, 0.3) is 0 Å². The van der Waals surface area contributed by atoms with Crippen LogP contribution in [0.15, 0.2) is 43.0 Å². The minimum atomic E-state index is -0.359. The van der Waals surface area contributed by atoms with Gasteiger partial charge in [-0.05, 0) is 18.2 Å². The summed E-state index contributed by atoms with van der Waals surface area (Å²) in [5.74, 6) is -0.0370. The molecule has 4 nitrogen and oxygen atoms in total. The van der Waals surface area contributed by atoms with Gasteiger partial charge in [-0.15, -0.1) is 0 Å². The fourth-order valence-electron chi connectivity index (χ4n) is 0.578. The van der Waals surface area contributed by atoms with Gasteiger partial charge in [-0.3, -0.25) is 4.79 Å². The maximum absolute atomic E-state index is 10.0. The predicted molar refractivity (Wildman–Crippen MR) is 53.5 cm³/mol. The maximum atomic E-state index is 10.0. The molecular weight excluding hydrogens is 182 g/mol. The Kier molecular flexibility index (Phi) is 6.81. The van der Waals surface area contributed by atoms with Crippen LogP contribution in [0.3, 0.4) is 0 Å². The van der Waals surface area contributed by atoms with Gasteiger partial charge in [0.2, 0.25) is 5.91 Å². The van der Waals surface area contributed by atoms with Crippen LogP contribution in [0.2, 0.25) is 0 Å². The molecule has 0 heterocycles. The quantitative estimate of drug-likeness (QED) is 0.479. The maximum Gasteiger partial charge on any atom is 0.245 e. The molecule has 1 amide bonds. The molecule has 4 heteroatoms. The Morgan fingerprint density at radius 3 is 2.21 bits per heavy atom. The summed E-state index contributed by atoms with van der Waals surface area (Å²) >= 11 is 0. The Labute approximate surface area is 82.5 Å². The number of hydrogen-bond donors (Lipinski definition) is 3. The van der Waals surface area contributed by atoms with E-state index in [4.69, 9.17) is 10.2 Å². The predicted octanol–water partition coefficient (Wildman–Crippen LogP) is 0.631. The van der Waals surface area contributed by atoms with Crippen LogP contribution in [0.5, 0.6) is 5.75 Å². The van der Waals surface area contributed by atoms with Crippen molar-refractivity contribution < 1.29 is 15.0 Å². The first-order valence-corrected chi connectivity index (χ1v) is 3.96. The van der Waals surface area contributed by atoms with Crippen molar-refractivity contribution in [1.29, 1.82) is 0 Å². The number of nitrogens with one attached hydrogen (secondary N) is 1. The third-order valence-electron chi connectivity index (χ3n) is 1.19. The van der Waals surface area contributed by atoms with E-state index in [9.17, 15) is 4.79 Å². The number of carbonyl (C=O) groups excluding carboxylic acids is 1. The van der Waals surface area contributed by atoms with Crippen molar-refractivity contribution in [3.05, 3.63) is 43.0 Å². The Bertz CT molecular complexity index is 272. The van der Waals surface area contributed by atoms with Crippen molar-refractivity contribution in [3.8, 4) is 5.75 Å². The summed E-state index contributed by atoms with van der Waals surface area (Å²) in [5, 5.41) is 18.7. The van der Waals surface area contributed by atoms with Gasteiger partial charge in [-0.2, -0.15) is 0 Å². The van der Waals surface area contributed by atoms with Crippen LogP contribution in [0.1, 0.15) is 0 Å². The van der Waals surface area contributed by atoms with E-state index in [0.29, 0.717) is 5.75 Å². The molecule has 0 fully saturated rings. The van der Waals surface area contributed by atoms with Crippen molar-refractivity contribution in [1.82, 2.24) is 5.32 Å². The molecule has 0 aromatic heterocycles. The molecule has 1 aromatic rings. The van der Waals surface area contributed by atoms with Gasteiger partial charge < -0.3 is 15.5 Å². The van der Waals surface area contributed by atoms with E-state index in [0.717, 1.165) is 6.08 Å². The summed E-state index contributed by atoms with van der Waals surface area (Å²) in [6.07, 6.45) is 1.09. The number of carbonyl (C=O) groups is 1. The second-order valence-electron chi connectivity index (χ2n) is 2.24. The molecule has 0 bridgehead atoms. The fourth-order valence-corrected chi connectivity index (χ4v) is 0.578. The zero-order valence-corrected chi connectivity index (χ0v) is 7.68. The molecule has 0 aliphatic carbocycles. The molecule has 0 saturated heterocycles. The summed E-state index contributed by atoms with van der Waals surface area (Å²) in [5.41, 5.74) is 0. The molecule has 0 radical (unpaired) electrons. The van der Waals surface area contributed by atoms with Crippen molar-refractivity contribution in [3.63, 3.8) is 0 Å². The SMILES string of the molecule is C=CC(=O)NCO.Oc1ccccc1. The van der Waals surface area contributed by atoms with Gasteiger partial charge in [0.05, 0.1) is 0 Å². The number of amides is 1. The molecule has 0 spiro atoms. The number of benzene rings is 1. The first-order valence-electron chi connectivity index (χ1n) is 3.96. The number of hydrogen-bond acceptors (Lipinski definition) is 3. The molecule has 0 aliphatic heterocycles. The van der Waals surface area contributed by atoms with Gasteiger partial charge in [-0.1, -0.05) is 24.8 Å². The van der Waals surface area contributed by atoms with E-state index in [1.165, 1.54) is 0 Å². The minimum Gasteiger partial charge on any atom is -0.508 e. The van der Waals surface area contributed by atoms with Crippen LogP contribution < -0.4 is 5.32 Å². The zero-order chi connectivity index (χ0) is 10.8. The standard InChI is InChI=1S/C6H6O.C4H7NO2/c7-6-4-2-1-3-5-6;1-2-4(7)5-3-6/h1-5,7H;2,6H,1,3H2,(H,5,7). The van der Waals surface area contributed by atoms with Crippen LogP contribution >= 0.6 is 0 Å². The van der Waals surface area contributed by atoms with Gasteiger partial charge in [0, 0.05) is 0 Å². The smallest absolute Gasteiger partial charge is 0.245 e. The van der Waals surface area contributed by atoms with Gasteiger partial charge in [0.15, 0.2) is 0 Å². The van der Waals surface area contributed by atoms with Crippen molar-refractivity contribution in [2.24, 2.45) is 0 Å². The number of aliphatic hydroxyl groups excluding tert-OH is 1. The first-order chi connectivity index (χ1) is 6.70. The Morgan fingerprint density at radius 1 is 1.43 bits per heavy atom. The summed E-state index contributed by atoms with van der Waals surface area (Å²) in [6, 6.07) is 8.71. The summed E-state index contributed by atoms with van der Waals surface area (Å²) in [7, 11) is 0. The topological polar surface area (TPSA) is 69.6 Å². The average Bonchev–Trinajstić information content (AvgIpc) is 2.20. The van der Waals surface area contributed by atoms with Crippen molar-refractivity contribution in [2.75, 3.05) is 6.73 Å². The Balaban J connectivity index is 0.000000241. The third-order valence-corrected chi connectivity index (χ3v) is 1.19. The number of phenolic OH excluding ortho intramolecular Hbond substituents is 1. The van der Waals surface area contributed by atoms with E-state index in [1.807, 2.05) is 6.07 Å². The lowest BCUT2D eigenvalue weighted by Crippen LogP contribution is -2.20. The van der Waals surface area contributed by atoms with Crippen molar-refractivity contribution >= 4 is 5.91 Å². The van der Waals surface area contributed by atoms with E-state index < -0.39 is 0 Å². The summed E-state index contributed by atoms with van der Waals surface area (Å²) < 4.78 is 0. The van der Waals surface area contributed by atoms with Gasteiger partial charge >= 0.3 is 0 Å². The monoisotopic (exact) mass is 195 g/mol. The normalized spacial score (nSPS) is 8.07. The zero-order valence-electron chi connectivity index (χ0n) is 7.68. The lowest BCUT2D eigenvalue weighted by molar-refractivity contribution is -0.117. The number of aliphatic hydroxyl groups is 1. The Hall–Kier alpha value is -1.81. The second kappa shape index (κ2) is 7.82. The summed E-state index contributed by atoms with van der Waals surface area (Å²) in [4.78, 5) is 10.0. The van der Waals surface area contributed by atoms with Gasteiger partial charge in [0.25, 0.3) is 0 Å². The molecule has 3 N–H and O–H groups in total. The average molecular weight is 195 g/mol. The van der Waals surface area contributed by atoms with E-state index in [2.05, 4.69) is 11.9 Å².